The number of fused-ring (bicyclic) bond motifs is 1. The molecule has 0 unspecified atom stereocenters. The van der Waals surface area contributed by atoms with Crippen molar-refractivity contribution in [2.45, 2.75) is 24.8 Å². The molecule has 116 valence electrons. The number of thioether (sulfide) groups is 1. The molecule has 4 nitrogen and oxygen atoms in total. The van der Waals surface area contributed by atoms with Crippen molar-refractivity contribution in [3.05, 3.63) is 42.5 Å². The van der Waals surface area contributed by atoms with E-state index in [0.717, 1.165) is 10.3 Å². The molecule has 0 bridgehead atoms. The zero-order valence-corrected chi connectivity index (χ0v) is 13.6. The van der Waals surface area contributed by atoms with Crippen molar-refractivity contribution in [1.29, 1.82) is 0 Å². The highest BCUT2D eigenvalue weighted by atomic mass is 32.2. The van der Waals surface area contributed by atoms with Gasteiger partial charge in [0.15, 0.2) is 0 Å². The molecular formula is C17H20N2O2S. The van der Waals surface area contributed by atoms with E-state index in [1.807, 2.05) is 31.2 Å². The highest BCUT2D eigenvalue weighted by Gasteiger charge is 2.14. The quantitative estimate of drug-likeness (QED) is 0.805. The minimum atomic E-state index is -0.510. The zero-order valence-electron chi connectivity index (χ0n) is 12.8. The molecule has 5 heteroatoms. The summed E-state index contributed by atoms with van der Waals surface area (Å²) >= 11 is 1.47. The largest absolute Gasteiger partial charge is 0.355 e. The van der Waals surface area contributed by atoms with Crippen molar-refractivity contribution in [3.63, 3.8) is 0 Å². The zero-order chi connectivity index (χ0) is 15.9. The summed E-state index contributed by atoms with van der Waals surface area (Å²) < 4.78 is 0. The van der Waals surface area contributed by atoms with E-state index in [2.05, 4.69) is 28.8 Å². The summed E-state index contributed by atoms with van der Waals surface area (Å²) in [5.41, 5.74) is 0. The van der Waals surface area contributed by atoms with Crippen LogP contribution in [0.15, 0.2) is 47.4 Å². The Labute approximate surface area is 134 Å². The molecule has 2 rings (SSSR count). The van der Waals surface area contributed by atoms with Crippen molar-refractivity contribution >= 4 is 34.3 Å². The van der Waals surface area contributed by atoms with Gasteiger partial charge in [0.1, 0.15) is 6.04 Å². The highest BCUT2D eigenvalue weighted by molar-refractivity contribution is 8.00. The van der Waals surface area contributed by atoms with Gasteiger partial charge in [0.2, 0.25) is 11.8 Å². The number of carbonyl (C=O) groups excluding carboxylic acids is 2. The van der Waals surface area contributed by atoms with Gasteiger partial charge in [0.25, 0.3) is 0 Å². The lowest BCUT2D eigenvalue weighted by molar-refractivity contribution is -0.127. The maximum absolute atomic E-state index is 11.9. The predicted molar refractivity (Wildman–Crippen MR) is 91.0 cm³/mol. The Balaban J connectivity index is 1.88. The summed E-state index contributed by atoms with van der Waals surface area (Å²) in [6.45, 7) is 4.09. The highest BCUT2D eigenvalue weighted by Crippen LogP contribution is 2.23. The van der Waals surface area contributed by atoms with Crippen molar-refractivity contribution in [1.82, 2.24) is 10.6 Å². The summed E-state index contributed by atoms with van der Waals surface area (Å²) in [5.74, 6) is -0.00861. The van der Waals surface area contributed by atoms with Gasteiger partial charge in [-0.2, -0.15) is 0 Å². The molecule has 0 aromatic heterocycles. The van der Waals surface area contributed by atoms with Gasteiger partial charge < -0.3 is 10.6 Å². The molecule has 0 aliphatic rings. The van der Waals surface area contributed by atoms with Crippen molar-refractivity contribution in [2.24, 2.45) is 0 Å². The smallest absolute Gasteiger partial charge is 0.242 e. The Hall–Kier alpha value is -2.01. The molecule has 2 aromatic carbocycles. The number of likely N-dealkylation sites (N-methyl/N-ethyl adjacent to an activating group) is 1. The van der Waals surface area contributed by atoms with Gasteiger partial charge in [-0.1, -0.05) is 30.3 Å². The normalized spacial score (nSPS) is 11.9. The second-order valence-electron chi connectivity index (χ2n) is 4.98. The number of hydrogen-bond acceptors (Lipinski definition) is 3. The van der Waals surface area contributed by atoms with E-state index >= 15 is 0 Å². The summed E-state index contributed by atoms with van der Waals surface area (Å²) in [6.07, 6.45) is 0. The average molecular weight is 316 g/mol. The van der Waals surface area contributed by atoms with Crippen LogP contribution in [0.3, 0.4) is 0 Å². The Morgan fingerprint density at radius 3 is 2.59 bits per heavy atom. The molecule has 0 heterocycles. The second-order valence-corrected chi connectivity index (χ2v) is 6.03. The number of rotatable bonds is 6. The standard InChI is InChI=1S/C17H20N2O2S/c1-3-18-17(21)12(2)19-16(20)11-22-15-9-8-13-6-4-5-7-14(13)10-15/h4-10,12H,3,11H2,1-2H3,(H,18,21)(H,19,20)/t12-/m1/s1. The summed E-state index contributed by atoms with van der Waals surface area (Å²) in [4.78, 5) is 24.5. The molecule has 0 spiro atoms. The molecule has 22 heavy (non-hydrogen) atoms. The monoisotopic (exact) mass is 316 g/mol. The van der Waals surface area contributed by atoms with Gasteiger partial charge >= 0.3 is 0 Å². The average Bonchev–Trinajstić information content (AvgIpc) is 2.53. The van der Waals surface area contributed by atoms with Crippen molar-refractivity contribution in [2.75, 3.05) is 12.3 Å². The van der Waals surface area contributed by atoms with Crippen molar-refractivity contribution in [3.8, 4) is 0 Å². The lowest BCUT2D eigenvalue weighted by Crippen LogP contribution is -2.45. The van der Waals surface area contributed by atoms with Crippen LogP contribution >= 0.6 is 11.8 Å². The molecular weight excluding hydrogens is 296 g/mol. The maximum atomic E-state index is 11.9. The Kier molecular flexibility index (Phi) is 5.83. The Morgan fingerprint density at radius 1 is 1.14 bits per heavy atom. The van der Waals surface area contributed by atoms with Gasteiger partial charge in [-0.15, -0.1) is 11.8 Å². The van der Waals surface area contributed by atoms with Crippen LogP contribution < -0.4 is 10.6 Å². The first-order valence-corrected chi connectivity index (χ1v) is 8.27. The van der Waals surface area contributed by atoms with Crippen LogP contribution in [0.2, 0.25) is 0 Å². The van der Waals surface area contributed by atoms with Crippen LogP contribution in [0.1, 0.15) is 13.8 Å². The molecule has 0 fully saturated rings. The lowest BCUT2D eigenvalue weighted by Gasteiger charge is -2.13. The van der Waals surface area contributed by atoms with Gasteiger partial charge in [0, 0.05) is 11.4 Å². The number of benzene rings is 2. The topological polar surface area (TPSA) is 58.2 Å². The van der Waals surface area contributed by atoms with Crippen LogP contribution in [-0.2, 0) is 9.59 Å². The third-order valence-electron chi connectivity index (χ3n) is 3.21. The fourth-order valence-electron chi connectivity index (χ4n) is 2.08. The van der Waals surface area contributed by atoms with Gasteiger partial charge in [-0.25, -0.2) is 0 Å². The van der Waals surface area contributed by atoms with Gasteiger partial charge in [-0.05, 0) is 36.8 Å². The SMILES string of the molecule is CCNC(=O)[C@@H](C)NC(=O)CSc1ccc2ccccc2c1. The first-order valence-electron chi connectivity index (χ1n) is 7.29. The molecule has 1 atom stereocenters. The third kappa shape index (κ3) is 4.49. The lowest BCUT2D eigenvalue weighted by atomic mass is 10.1. The van der Waals surface area contributed by atoms with E-state index in [1.54, 1.807) is 6.92 Å². The first-order chi connectivity index (χ1) is 10.6. The summed E-state index contributed by atoms with van der Waals surface area (Å²) in [7, 11) is 0. The number of nitrogens with one attached hydrogen (secondary N) is 2. The minimum absolute atomic E-state index is 0.142. The molecule has 0 radical (unpaired) electrons. The minimum Gasteiger partial charge on any atom is -0.355 e. The fraction of sp³-hybridized carbons (Fsp3) is 0.294. The van der Waals surface area contributed by atoms with E-state index in [4.69, 9.17) is 0 Å². The molecule has 2 amide bonds. The van der Waals surface area contributed by atoms with E-state index < -0.39 is 6.04 Å². The van der Waals surface area contributed by atoms with Crippen LogP contribution in [0, 0.1) is 0 Å². The fourth-order valence-corrected chi connectivity index (χ4v) is 2.84. The second kappa shape index (κ2) is 7.84. The number of hydrogen-bond donors (Lipinski definition) is 2. The molecule has 0 aliphatic heterocycles. The summed E-state index contributed by atoms with van der Waals surface area (Å²) in [6, 6.07) is 13.7. The van der Waals surface area contributed by atoms with Crippen LogP contribution in [0.4, 0.5) is 0 Å². The van der Waals surface area contributed by atoms with Crippen LogP contribution in [0.25, 0.3) is 10.8 Å². The van der Waals surface area contributed by atoms with E-state index in [9.17, 15) is 9.59 Å². The van der Waals surface area contributed by atoms with E-state index in [0.29, 0.717) is 12.3 Å². The van der Waals surface area contributed by atoms with Crippen LogP contribution in [-0.4, -0.2) is 30.2 Å². The van der Waals surface area contributed by atoms with Gasteiger partial charge in [0.05, 0.1) is 5.75 Å². The van der Waals surface area contributed by atoms with Crippen LogP contribution in [0.5, 0.6) is 0 Å². The van der Waals surface area contributed by atoms with E-state index in [1.165, 1.54) is 17.1 Å². The predicted octanol–water partition coefficient (Wildman–Crippen LogP) is 2.57. The maximum Gasteiger partial charge on any atom is 0.242 e. The first kappa shape index (κ1) is 16.4. The van der Waals surface area contributed by atoms with Gasteiger partial charge in [-0.3, -0.25) is 9.59 Å². The van der Waals surface area contributed by atoms with E-state index in [-0.39, 0.29) is 11.8 Å². The van der Waals surface area contributed by atoms with Crippen molar-refractivity contribution < 1.29 is 9.59 Å². The third-order valence-corrected chi connectivity index (χ3v) is 4.21. The Bertz CT molecular complexity index is 673. The summed E-state index contributed by atoms with van der Waals surface area (Å²) in [5, 5.41) is 7.72. The molecule has 0 saturated heterocycles. The molecule has 0 aliphatic carbocycles. The Morgan fingerprint density at radius 2 is 1.86 bits per heavy atom. The molecule has 2 N–H and O–H groups in total. The molecule has 0 saturated carbocycles. The number of amides is 2. The number of carbonyl (C=O) groups is 2. The molecule has 2 aromatic rings.